The molecule has 21 heavy (non-hydrogen) atoms. The second kappa shape index (κ2) is 7.45. The van der Waals surface area contributed by atoms with Gasteiger partial charge in [0.2, 0.25) is 0 Å². The molecule has 1 aromatic rings. The van der Waals surface area contributed by atoms with Gasteiger partial charge in [-0.25, -0.2) is 0 Å². The number of rotatable bonds is 6. The van der Waals surface area contributed by atoms with Crippen molar-refractivity contribution in [1.82, 2.24) is 5.32 Å². The Labute approximate surface area is 130 Å². The summed E-state index contributed by atoms with van der Waals surface area (Å²) in [6.07, 6.45) is 14.2. The van der Waals surface area contributed by atoms with E-state index in [1.54, 1.807) is 5.56 Å². The zero-order valence-corrected chi connectivity index (χ0v) is 13.6. The highest BCUT2D eigenvalue weighted by Crippen LogP contribution is 2.37. The summed E-state index contributed by atoms with van der Waals surface area (Å²) < 4.78 is 0. The third-order valence-electron chi connectivity index (χ3n) is 5.85. The van der Waals surface area contributed by atoms with E-state index in [4.69, 9.17) is 0 Å². The minimum absolute atomic E-state index is 0.544. The van der Waals surface area contributed by atoms with Crippen molar-refractivity contribution in [2.45, 2.75) is 76.2 Å². The van der Waals surface area contributed by atoms with Crippen molar-refractivity contribution in [3.05, 3.63) is 35.4 Å². The predicted molar refractivity (Wildman–Crippen MR) is 90.6 cm³/mol. The van der Waals surface area contributed by atoms with E-state index in [1.165, 1.54) is 69.8 Å². The summed E-state index contributed by atoms with van der Waals surface area (Å²) in [6, 6.07) is 10.0. The molecule has 1 nitrogen and oxygen atoms in total. The van der Waals surface area contributed by atoms with Crippen molar-refractivity contribution in [2.75, 3.05) is 7.05 Å². The van der Waals surface area contributed by atoms with Crippen LogP contribution in [-0.2, 0) is 0 Å². The monoisotopic (exact) mass is 285 g/mol. The zero-order chi connectivity index (χ0) is 14.5. The molecule has 2 aliphatic rings. The number of nitrogens with one attached hydrogen (secondary N) is 1. The molecule has 0 amide bonds. The number of hydrogen-bond acceptors (Lipinski definition) is 1. The van der Waals surface area contributed by atoms with Gasteiger partial charge in [-0.1, -0.05) is 62.8 Å². The Morgan fingerprint density at radius 3 is 2.24 bits per heavy atom. The van der Waals surface area contributed by atoms with Crippen LogP contribution in [0.2, 0.25) is 0 Å². The first-order valence-electron chi connectivity index (χ1n) is 9.14. The quantitative estimate of drug-likeness (QED) is 0.720. The average molecular weight is 285 g/mol. The molecule has 1 unspecified atom stereocenters. The average Bonchev–Trinajstić information content (AvgIpc) is 2.49. The first-order valence-corrected chi connectivity index (χ1v) is 9.14. The molecule has 116 valence electrons. The Hall–Kier alpha value is -0.820. The van der Waals surface area contributed by atoms with Crippen molar-refractivity contribution >= 4 is 0 Å². The molecule has 0 aromatic heterocycles. The minimum atomic E-state index is 0.544. The van der Waals surface area contributed by atoms with E-state index in [1.807, 2.05) is 0 Å². The van der Waals surface area contributed by atoms with Gasteiger partial charge >= 0.3 is 0 Å². The van der Waals surface area contributed by atoms with E-state index in [2.05, 4.69) is 36.6 Å². The summed E-state index contributed by atoms with van der Waals surface area (Å²) in [4.78, 5) is 0. The maximum atomic E-state index is 3.53. The SMILES string of the molecule is CNC(CCC1CCCCC1)c1ccc(C2CCC2)cc1. The molecule has 3 rings (SSSR count). The molecule has 0 bridgehead atoms. The van der Waals surface area contributed by atoms with Gasteiger partial charge < -0.3 is 5.32 Å². The lowest BCUT2D eigenvalue weighted by Crippen LogP contribution is -2.18. The fourth-order valence-electron chi connectivity index (χ4n) is 4.10. The summed E-state index contributed by atoms with van der Waals surface area (Å²) in [6.45, 7) is 0. The van der Waals surface area contributed by atoms with E-state index in [0.29, 0.717) is 6.04 Å². The second-order valence-electron chi connectivity index (χ2n) is 7.22. The first kappa shape index (κ1) is 15.1. The Bertz CT molecular complexity index is 412. The number of benzene rings is 1. The van der Waals surface area contributed by atoms with Crippen molar-refractivity contribution in [1.29, 1.82) is 0 Å². The van der Waals surface area contributed by atoms with Gasteiger partial charge in [-0.3, -0.25) is 0 Å². The lowest BCUT2D eigenvalue weighted by molar-refractivity contribution is 0.317. The lowest BCUT2D eigenvalue weighted by Gasteiger charge is -2.27. The van der Waals surface area contributed by atoms with E-state index >= 15 is 0 Å². The van der Waals surface area contributed by atoms with Crippen LogP contribution in [0.3, 0.4) is 0 Å². The van der Waals surface area contributed by atoms with Crippen LogP contribution in [-0.4, -0.2) is 7.05 Å². The summed E-state index contributed by atoms with van der Waals surface area (Å²) >= 11 is 0. The molecule has 1 N–H and O–H groups in total. The van der Waals surface area contributed by atoms with Crippen molar-refractivity contribution in [3.8, 4) is 0 Å². The molecule has 2 fully saturated rings. The first-order chi connectivity index (χ1) is 10.4. The zero-order valence-electron chi connectivity index (χ0n) is 13.6. The topological polar surface area (TPSA) is 12.0 Å². The summed E-state index contributed by atoms with van der Waals surface area (Å²) in [5.74, 6) is 1.85. The van der Waals surface area contributed by atoms with Crippen molar-refractivity contribution < 1.29 is 0 Å². The minimum Gasteiger partial charge on any atom is -0.313 e. The smallest absolute Gasteiger partial charge is 0.0317 e. The summed E-state index contributed by atoms with van der Waals surface area (Å²) in [7, 11) is 2.12. The predicted octanol–water partition coefficient (Wildman–Crippen LogP) is 5.58. The van der Waals surface area contributed by atoms with Gasteiger partial charge in [0.15, 0.2) is 0 Å². The van der Waals surface area contributed by atoms with Crippen molar-refractivity contribution in [2.24, 2.45) is 5.92 Å². The molecule has 1 heteroatoms. The van der Waals surface area contributed by atoms with Gasteiger partial charge in [-0.15, -0.1) is 0 Å². The van der Waals surface area contributed by atoms with Gasteiger partial charge in [0, 0.05) is 6.04 Å². The van der Waals surface area contributed by atoms with E-state index < -0.39 is 0 Å². The second-order valence-corrected chi connectivity index (χ2v) is 7.22. The normalized spacial score (nSPS) is 22.0. The van der Waals surface area contributed by atoms with Crippen LogP contribution in [0.25, 0.3) is 0 Å². The summed E-state index contributed by atoms with van der Waals surface area (Å²) in [5, 5.41) is 3.53. The van der Waals surface area contributed by atoms with Crippen molar-refractivity contribution in [3.63, 3.8) is 0 Å². The van der Waals surface area contributed by atoms with Gasteiger partial charge in [-0.2, -0.15) is 0 Å². The van der Waals surface area contributed by atoms with Crippen LogP contribution in [0.5, 0.6) is 0 Å². The van der Waals surface area contributed by atoms with Gasteiger partial charge in [0.1, 0.15) is 0 Å². The van der Waals surface area contributed by atoms with Gasteiger partial charge in [0.25, 0.3) is 0 Å². The van der Waals surface area contributed by atoms with Crippen LogP contribution in [0.1, 0.15) is 87.3 Å². The standard InChI is InChI=1S/C20H31N/c1-21-20(15-10-16-6-3-2-4-7-16)19-13-11-18(12-14-19)17-8-5-9-17/h11-14,16-17,20-21H,2-10,15H2,1H3. The summed E-state index contributed by atoms with van der Waals surface area (Å²) in [5.41, 5.74) is 3.04. The molecule has 2 aliphatic carbocycles. The Balaban J connectivity index is 1.54. The van der Waals surface area contributed by atoms with Crippen LogP contribution in [0, 0.1) is 5.92 Å². The third-order valence-corrected chi connectivity index (χ3v) is 5.85. The molecular formula is C20H31N. The van der Waals surface area contributed by atoms with Gasteiger partial charge in [-0.05, 0) is 55.7 Å². The van der Waals surface area contributed by atoms with Crippen LogP contribution >= 0.6 is 0 Å². The highest BCUT2D eigenvalue weighted by Gasteiger charge is 2.20. The Morgan fingerprint density at radius 1 is 0.952 bits per heavy atom. The molecule has 0 heterocycles. The Kier molecular flexibility index (Phi) is 5.35. The largest absolute Gasteiger partial charge is 0.313 e. The van der Waals surface area contributed by atoms with Crippen LogP contribution < -0.4 is 5.32 Å². The highest BCUT2D eigenvalue weighted by molar-refractivity contribution is 5.28. The fourth-order valence-corrected chi connectivity index (χ4v) is 4.10. The molecule has 1 aromatic carbocycles. The van der Waals surface area contributed by atoms with Crippen LogP contribution in [0.15, 0.2) is 24.3 Å². The maximum absolute atomic E-state index is 3.53. The molecule has 0 aliphatic heterocycles. The van der Waals surface area contributed by atoms with E-state index in [0.717, 1.165) is 11.8 Å². The van der Waals surface area contributed by atoms with E-state index in [9.17, 15) is 0 Å². The molecule has 2 saturated carbocycles. The van der Waals surface area contributed by atoms with Crippen LogP contribution in [0.4, 0.5) is 0 Å². The molecular weight excluding hydrogens is 254 g/mol. The molecule has 0 saturated heterocycles. The fraction of sp³-hybridized carbons (Fsp3) is 0.700. The molecule has 0 radical (unpaired) electrons. The molecule has 1 atom stereocenters. The highest BCUT2D eigenvalue weighted by atomic mass is 14.9. The third kappa shape index (κ3) is 3.88. The molecule has 0 spiro atoms. The lowest BCUT2D eigenvalue weighted by atomic mass is 9.79. The van der Waals surface area contributed by atoms with Gasteiger partial charge in [0.05, 0.1) is 0 Å². The number of hydrogen-bond donors (Lipinski definition) is 1. The maximum Gasteiger partial charge on any atom is 0.0317 e. The van der Waals surface area contributed by atoms with E-state index in [-0.39, 0.29) is 0 Å². The Morgan fingerprint density at radius 2 is 1.67 bits per heavy atom.